The van der Waals surface area contributed by atoms with Crippen LogP contribution in [0, 0.1) is 0 Å². The Labute approximate surface area is 118 Å². The summed E-state index contributed by atoms with van der Waals surface area (Å²) in [7, 11) is 0. The lowest BCUT2D eigenvalue weighted by Gasteiger charge is -1.93. The van der Waals surface area contributed by atoms with E-state index in [0.29, 0.717) is 0 Å². The Morgan fingerprint density at radius 1 is 0.632 bits per heavy atom. The maximum atomic E-state index is 10.0. The van der Waals surface area contributed by atoms with Gasteiger partial charge in [-0.2, -0.15) is 0 Å². The molecule has 0 aliphatic carbocycles. The zero-order valence-corrected chi connectivity index (χ0v) is 12.0. The normalized spacial score (nSPS) is 12.9. The predicted octanol–water partition coefficient (Wildman–Crippen LogP) is 5.33. The largest absolute Gasteiger partial charge is 0.299 e. The molecule has 0 radical (unpaired) electrons. The lowest BCUT2D eigenvalue weighted by atomic mass is 10.1. The van der Waals surface area contributed by atoms with Crippen LogP contribution in [0.15, 0.2) is 60.8 Å². The Morgan fingerprint density at radius 3 is 1.74 bits per heavy atom. The van der Waals surface area contributed by atoms with Crippen molar-refractivity contribution in [2.45, 2.75) is 45.4 Å². The molecule has 0 aromatic carbocycles. The number of hydrogen-bond acceptors (Lipinski definition) is 1. The zero-order chi connectivity index (χ0) is 14.0. The highest BCUT2D eigenvalue weighted by Gasteiger charge is 1.84. The number of aldehydes is 1. The molecule has 0 fully saturated rings. The second-order valence-corrected chi connectivity index (χ2v) is 4.24. The highest BCUT2D eigenvalue weighted by Crippen LogP contribution is 2.04. The molecule has 1 heteroatoms. The highest BCUT2D eigenvalue weighted by atomic mass is 16.1. The van der Waals surface area contributed by atoms with Crippen molar-refractivity contribution in [3.8, 4) is 0 Å². The first kappa shape index (κ1) is 17.4. The first-order valence-corrected chi connectivity index (χ1v) is 7.17. The average Bonchev–Trinajstić information content (AvgIpc) is 2.43. The van der Waals surface area contributed by atoms with Gasteiger partial charge in [0.1, 0.15) is 6.29 Å². The number of unbranched alkanes of at least 4 members (excludes halogenated alkanes) is 4. The summed E-state index contributed by atoms with van der Waals surface area (Å²) >= 11 is 0. The van der Waals surface area contributed by atoms with Crippen LogP contribution in [0.5, 0.6) is 0 Å². The van der Waals surface area contributed by atoms with E-state index in [1.165, 1.54) is 19.3 Å². The van der Waals surface area contributed by atoms with E-state index in [1.807, 2.05) is 24.3 Å². The van der Waals surface area contributed by atoms with Crippen molar-refractivity contribution in [1.82, 2.24) is 0 Å². The van der Waals surface area contributed by atoms with Crippen molar-refractivity contribution in [2.75, 3.05) is 0 Å². The highest BCUT2D eigenvalue weighted by molar-refractivity contribution is 5.64. The zero-order valence-electron chi connectivity index (χ0n) is 12.0. The molecule has 0 unspecified atom stereocenters. The van der Waals surface area contributed by atoms with Crippen molar-refractivity contribution in [2.24, 2.45) is 0 Å². The molecule has 0 aliphatic rings. The van der Waals surface area contributed by atoms with Gasteiger partial charge in [-0.25, -0.2) is 0 Å². The smallest absolute Gasteiger partial charge is 0.142 e. The van der Waals surface area contributed by atoms with Crippen LogP contribution in [0.25, 0.3) is 0 Å². The van der Waals surface area contributed by atoms with Gasteiger partial charge < -0.3 is 0 Å². The van der Waals surface area contributed by atoms with Crippen LogP contribution in [-0.2, 0) is 4.79 Å². The van der Waals surface area contributed by atoms with Crippen LogP contribution >= 0.6 is 0 Å². The van der Waals surface area contributed by atoms with Crippen molar-refractivity contribution >= 4 is 6.29 Å². The number of hydrogen-bond donors (Lipinski definition) is 0. The van der Waals surface area contributed by atoms with Gasteiger partial charge in [0.05, 0.1) is 0 Å². The van der Waals surface area contributed by atoms with Gasteiger partial charge in [-0.1, -0.05) is 68.0 Å². The van der Waals surface area contributed by atoms with Gasteiger partial charge in [0.25, 0.3) is 0 Å². The van der Waals surface area contributed by atoms with E-state index < -0.39 is 0 Å². The Balaban J connectivity index is 3.41. The number of allylic oxidation sites excluding steroid dienone is 10. The lowest BCUT2D eigenvalue weighted by molar-refractivity contribution is -0.104. The number of rotatable bonds is 11. The minimum Gasteiger partial charge on any atom is -0.299 e. The molecule has 104 valence electrons. The number of carbonyl (C=O) groups excluding carboxylic acids is 1. The average molecular weight is 258 g/mol. The Kier molecular flexibility index (Phi) is 15.0. The maximum Gasteiger partial charge on any atom is 0.142 e. The fraction of sp³-hybridized carbons (Fsp3) is 0.389. The van der Waals surface area contributed by atoms with Gasteiger partial charge in [-0.3, -0.25) is 4.79 Å². The quantitative estimate of drug-likeness (QED) is 0.212. The molecule has 0 aromatic heterocycles. The second-order valence-electron chi connectivity index (χ2n) is 4.24. The molecule has 0 aliphatic heterocycles. The minimum absolute atomic E-state index is 0.835. The summed E-state index contributed by atoms with van der Waals surface area (Å²) in [5, 5.41) is 0. The molecule has 19 heavy (non-hydrogen) atoms. The topological polar surface area (TPSA) is 17.1 Å². The molecule has 0 bridgehead atoms. The van der Waals surface area contributed by atoms with E-state index in [9.17, 15) is 4.79 Å². The summed E-state index contributed by atoms with van der Waals surface area (Å²) in [6, 6.07) is 0. The summed E-state index contributed by atoms with van der Waals surface area (Å²) in [6.07, 6.45) is 27.8. The van der Waals surface area contributed by atoms with Gasteiger partial charge in [0.15, 0.2) is 0 Å². The molecule has 0 atom stereocenters. The molecule has 0 saturated carbocycles. The Bertz CT molecular complexity index is 330. The van der Waals surface area contributed by atoms with E-state index in [-0.39, 0.29) is 0 Å². The summed E-state index contributed by atoms with van der Waals surface area (Å²) in [6.45, 7) is 2.13. The summed E-state index contributed by atoms with van der Waals surface area (Å²) in [4.78, 5) is 10.0. The van der Waals surface area contributed by atoms with E-state index in [4.69, 9.17) is 0 Å². The molecule has 1 nitrogen and oxygen atoms in total. The maximum absolute atomic E-state index is 10.0. The van der Waals surface area contributed by atoms with Crippen molar-refractivity contribution in [3.63, 3.8) is 0 Å². The first-order valence-electron chi connectivity index (χ1n) is 7.17. The second kappa shape index (κ2) is 16.4. The molecule has 0 spiro atoms. The molecule has 0 heterocycles. The van der Waals surface area contributed by atoms with Crippen LogP contribution in [0.3, 0.4) is 0 Å². The van der Waals surface area contributed by atoms with Crippen LogP contribution in [0.4, 0.5) is 0 Å². The van der Waals surface area contributed by atoms with Crippen LogP contribution in [-0.4, -0.2) is 6.29 Å². The van der Waals surface area contributed by atoms with Crippen molar-refractivity contribution in [3.05, 3.63) is 60.8 Å². The van der Waals surface area contributed by atoms with Gasteiger partial charge in [-0.15, -0.1) is 0 Å². The third-order valence-corrected chi connectivity index (χ3v) is 2.52. The Hall–Kier alpha value is -1.63. The SMILES string of the molecule is CCC=CC=CC=CC=CCCCCCC=CC=O. The fourth-order valence-corrected chi connectivity index (χ4v) is 1.50. The first-order chi connectivity index (χ1) is 9.41. The van der Waals surface area contributed by atoms with Gasteiger partial charge in [0, 0.05) is 0 Å². The van der Waals surface area contributed by atoms with Crippen molar-refractivity contribution in [1.29, 1.82) is 0 Å². The van der Waals surface area contributed by atoms with E-state index in [2.05, 4.69) is 37.3 Å². The van der Waals surface area contributed by atoms with Crippen molar-refractivity contribution < 1.29 is 4.79 Å². The van der Waals surface area contributed by atoms with Gasteiger partial charge >= 0.3 is 0 Å². The lowest BCUT2D eigenvalue weighted by Crippen LogP contribution is -1.74. The third kappa shape index (κ3) is 16.4. The fourth-order valence-electron chi connectivity index (χ4n) is 1.50. The van der Waals surface area contributed by atoms with E-state index in [0.717, 1.165) is 25.5 Å². The van der Waals surface area contributed by atoms with Crippen LogP contribution in [0.2, 0.25) is 0 Å². The monoisotopic (exact) mass is 258 g/mol. The summed E-state index contributed by atoms with van der Waals surface area (Å²) < 4.78 is 0. The third-order valence-electron chi connectivity index (χ3n) is 2.52. The Morgan fingerprint density at radius 2 is 1.16 bits per heavy atom. The summed E-state index contributed by atoms with van der Waals surface area (Å²) in [5.41, 5.74) is 0. The van der Waals surface area contributed by atoms with Gasteiger partial charge in [-0.05, 0) is 38.2 Å². The molecular weight excluding hydrogens is 232 g/mol. The molecule has 0 amide bonds. The van der Waals surface area contributed by atoms with Gasteiger partial charge in [0.2, 0.25) is 0 Å². The molecular formula is C18H26O. The standard InChI is InChI=1S/C18H26O/c1-2-3-4-5-6-7-8-9-10-11-12-13-14-15-16-17-18-19/h3-10,16-18H,2,11-15H2,1H3. The predicted molar refractivity (Wildman–Crippen MR) is 85.1 cm³/mol. The molecule has 0 N–H and O–H groups in total. The van der Waals surface area contributed by atoms with Crippen LogP contribution < -0.4 is 0 Å². The van der Waals surface area contributed by atoms with Crippen LogP contribution in [0.1, 0.15) is 45.4 Å². The van der Waals surface area contributed by atoms with E-state index >= 15 is 0 Å². The molecule has 0 saturated heterocycles. The summed E-state index contributed by atoms with van der Waals surface area (Å²) in [5.74, 6) is 0. The molecule has 0 aromatic rings. The van der Waals surface area contributed by atoms with E-state index in [1.54, 1.807) is 6.08 Å². The minimum atomic E-state index is 0.835. The number of carbonyl (C=O) groups is 1. The molecule has 0 rings (SSSR count).